The summed E-state index contributed by atoms with van der Waals surface area (Å²) in [6.07, 6.45) is -0.722. The first-order chi connectivity index (χ1) is 9.68. The standard InChI is InChI=1S/C10H12N4O6S/c11-10(15)20-4-6-1-5-2-7(21(12,18)19)3-8(14(16)17)9(5)13-6/h2-3,6,13H,1,4H2,(H2,11,15)(H2,12,18,19)/t6-/m0/s1. The number of nitro benzene ring substituents is 1. The van der Waals surface area contributed by atoms with Crippen LogP contribution in [0.5, 0.6) is 0 Å². The van der Waals surface area contributed by atoms with E-state index in [9.17, 15) is 23.3 Å². The minimum absolute atomic E-state index is 0.0914. The van der Waals surface area contributed by atoms with Gasteiger partial charge in [-0.15, -0.1) is 0 Å². The Balaban J connectivity index is 2.38. The molecule has 0 spiro atoms. The summed E-state index contributed by atoms with van der Waals surface area (Å²) in [7, 11) is -4.06. The number of nitrogens with two attached hydrogens (primary N) is 2. The van der Waals surface area contributed by atoms with Crippen LogP contribution in [-0.4, -0.2) is 32.1 Å². The first-order valence-corrected chi connectivity index (χ1v) is 7.26. The molecule has 11 heteroatoms. The van der Waals surface area contributed by atoms with Crippen LogP contribution in [0.15, 0.2) is 17.0 Å². The molecule has 10 nitrogen and oxygen atoms in total. The van der Waals surface area contributed by atoms with E-state index in [4.69, 9.17) is 10.9 Å². The monoisotopic (exact) mass is 316 g/mol. The van der Waals surface area contributed by atoms with E-state index >= 15 is 0 Å². The molecular weight excluding hydrogens is 304 g/mol. The third-order valence-corrected chi connectivity index (χ3v) is 3.83. The number of benzene rings is 1. The highest BCUT2D eigenvalue weighted by Gasteiger charge is 2.31. The van der Waals surface area contributed by atoms with Crippen molar-refractivity contribution in [1.82, 2.24) is 0 Å². The lowest BCUT2D eigenvalue weighted by Crippen LogP contribution is -2.26. The maximum atomic E-state index is 11.4. The van der Waals surface area contributed by atoms with Crippen molar-refractivity contribution < 1.29 is 22.9 Å². The lowest BCUT2D eigenvalue weighted by molar-refractivity contribution is -0.384. The number of nitrogens with zero attached hydrogens (tertiary/aromatic N) is 1. The number of nitro groups is 1. The Morgan fingerprint density at radius 1 is 1.52 bits per heavy atom. The van der Waals surface area contributed by atoms with Crippen LogP contribution in [0.3, 0.4) is 0 Å². The minimum atomic E-state index is -4.06. The number of fused-ring (bicyclic) bond motifs is 1. The van der Waals surface area contributed by atoms with Crippen LogP contribution in [-0.2, 0) is 21.2 Å². The van der Waals surface area contributed by atoms with E-state index < -0.39 is 32.8 Å². The summed E-state index contributed by atoms with van der Waals surface area (Å²) < 4.78 is 27.3. The van der Waals surface area contributed by atoms with E-state index in [2.05, 4.69) is 10.1 Å². The molecule has 0 aliphatic carbocycles. The zero-order valence-corrected chi connectivity index (χ0v) is 11.4. The molecule has 1 heterocycles. The van der Waals surface area contributed by atoms with E-state index in [-0.39, 0.29) is 23.6 Å². The molecule has 5 N–H and O–H groups in total. The van der Waals surface area contributed by atoms with Gasteiger partial charge in [0.05, 0.1) is 15.9 Å². The second-order valence-electron chi connectivity index (χ2n) is 4.45. The van der Waals surface area contributed by atoms with Crippen molar-refractivity contribution in [2.75, 3.05) is 11.9 Å². The van der Waals surface area contributed by atoms with Crippen LogP contribution >= 0.6 is 0 Å². The second kappa shape index (κ2) is 5.18. The first-order valence-electron chi connectivity index (χ1n) is 5.71. The molecule has 2 rings (SSSR count). The van der Waals surface area contributed by atoms with Gasteiger partial charge in [0, 0.05) is 6.07 Å². The average Bonchev–Trinajstić information content (AvgIpc) is 2.76. The second-order valence-corrected chi connectivity index (χ2v) is 6.02. The Morgan fingerprint density at radius 2 is 2.19 bits per heavy atom. The molecule has 114 valence electrons. The normalized spacial score (nSPS) is 16.9. The number of carbonyl (C=O) groups excluding carboxylic acids is 1. The molecule has 1 amide bonds. The highest BCUT2D eigenvalue weighted by Crippen LogP contribution is 2.37. The molecular formula is C10H12N4O6S. The molecule has 0 radical (unpaired) electrons. The maximum Gasteiger partial charge on any atom is 0.404 e. The van der Waals surface area contributed by atoms with E-state index in [1.165, 1.54) is 6.07 Å². The summed E-state index contributed by atoms with van der Waals surface area (Å²) in [5.74, 6) is 0. The van der Waals surface area contributed by atoms with E-state index in [0.717, 1.165) is 6.07 Å². The van der Waals surface area contributed by atoms with Gasteiger partial charge in [0.1, 0.15) is 12.3 Å². The van der Waals surface area contributed by atoms with Gasteiger partial charge in [-0.25, -0.2) is 18.4 Å². The number of hydrogen-bond acceptors (Lipinski definition) is 7. The van der Waals surface area contributed by atoms with Crippen molar-refractivity contribution in [3.8, 4) is 0 Å². The van der Waals surface area contributed by atoms with Crippen molar-refractivity contribution >= 4 is 27.5 Å². The van der Waals surface area contributed by atoms with Crippen LogP contribution in [0.25, 0.3) is 0 Å². The molecule has 0 aromatic heterocycles. The molecule has 1 aromatic carbocycles. The zero-order chi connectivity index (χ0) is 15.8. The van der Waals surface area contributed by atoms with Crippen molar-refractivity contribution in [3.05, 3.63) is 27.8 Å². The Morgan fingerprint density at radius 3 is 2.71 bits per heavy atom. The number of anilines is 1. The van der Waals surface area contributed by atoms with Crippen LogP contribution in [0.2, 0.25) is 0 Å². The smallest absolute Gasteiger partial charge is 0.404 e. The molecule has 21 heavy (non-hydrogen) atoms. The number of primary amides is 1. The Hall–Kier alpha value is -2.40. The molecule has 0 fully saturated rings. The highest BCUT2D eigenvalue weighted by atomic mass is 32.2. The van der Waals surface area contributed by atoms with Crippen molar-refractivity contribution in [1.29, 1.82) is 0 Å². The van der Waals surface area contributed by atoms with Crippen molar-refractivity contribution in [2.45, 2.75) is 17.4 Å². The molecule has 0 unspecified atom stereocenters. The lowest BCUT2D eigenvalue weighted by Gasteiger charge is -2.10. The van der Waals surface area contributed by atoms with E-state index in [0.29, 0.717) is 5.56 Å². The van der Waals surface area contributed by atoms with Gasteiger partial charge in [0.25, 0.3) is 5.69 Å². The summed E-state index contributed by atoms with van der Waals surface area (Å²) in [5.41, 5.74) is 5.03. The number of nitrogens with one attached hydrogen (secondary N) is 1. The highest BCUT2D eigenvalue weighted by molar-refractivity contribution is 7.89. The Labute approximate surface area is 119 Å². The van der Waals surface area contributed by atoms with Gasteiger partial charge >= 0.3 is 6.09 Å². The summed E-state index contributed by atoms with van der Waals surface area (Å²) in [6, 6.07) is 1.72. The number of sulfonamides is 1. The number of rotatable bonds is 4. The predicted molar refractivity (Wildman–Crippen MR) is 71.1 cm³/mol. The summed E-state index contributed by atoms with van der Waals surface area (Å²) in [4.78, 5) is 20.5. The molecule has 0 bridgehead atoms. The Bertz CT molecular complexity index is 717. The molecule has 1 aliphatic rings. The molecule has 0 saturated heterocycles. The number of amides is 1. The summed E-state index contributed by atoms with van der Waals surface area (Å²) >= 11 is 0. The predicted octanol–water partition coefficient (Wildman–Crippen LogP) is -0.326. The number of carbonyl (C=O) groups is 1. The van der Waals surface area contributed by atoms with E-state index in [1.807, 2.05) is 0 Å². The van der Waals surface area contributed by atoms with Gasteiger partial charge < -0.3 is 15.8 Å². The molecule has 1 aromatic rings. The first kappa shape index (κ1) is 15.0. The molecule has 0 saturated carbocycles. The quantitative estimate of drug-likeness (QED) is 0.504. The molecule has 1 atom stereocenters. The van der Waals surface area contributed by atoms with Crippen LogP contribution in [0.1, 0.15) is 5.56 Å². The minimum Gasteiger partial charge on any atom is -0.448 e. The van der Waals surface area contributed by atoms with Gasteiger partial charge in [-0.3, -0.25) is 10.1 Å². The van der Waals surface area contributed by atoms with Gasteiger partial charge in [-0.1, -0.05) is 0 Å². The topological polar surface area (TPSA) is 168 Å². The fourth-order valence-electron chi connectivity index (χ4n) is 2.10. The third-order valence-electron chi connectivity index (χ3n) is 2.94. The fourth-order valence-corrected chi connectivity index (χ4v) is 2.68. The Kier molecular flexibility index (Phi) is 3.70. The van der Waals surface area contributed by atoms with Crippen molar-refractivity contribution in [2.24, 2.45) is 10.9 Å². The number of hydrogen-bond donors (Lipinski definition) is 3. The van der Waals surface area contributed by atoms with Gasteiger partial charge in [-0.2, -0.15) is 0 Å². The lowest BCUT2D eigenvalue weighted by atomic mass is 10.1. The number of ether oxygens (including phenoxy) is 1. The van der Waals surface area contributed by atoms with Gasteiger partial charge in [-0.05, 0) is 18.1 Å². The van der Waals surface area contributed by atoms with Crippen LogP contribution in [0.4, 0.5) is 16.2 Å². The van der Waals surface area contributed by atoms with E-state index in [1.54, 1.807) is 0 Å². The van der Waals surface area contributed by atoms with Gasteiger partial charge in [0.15, 0.2) is 0 Å². The summed E-state index contributed by atoms with van der Waals surface area (Å²) in [6.45, 7) is -0.0914. The third kappa shape index (κ3) is 3.20. The zero-order valence-electron chi connectivity index (χ0n) is 10.6. The largest absolute Gasteiger partial charge is 0.448 e. The van der Waals surface area contributed by atoms with Crippen LogP contribution < -0.4 is 16.2 Å². The van der Waals surface area contributed by atoms with Crippen molar-refractivity contribution in [3.63, 3.8) is 0 Å². The SMILES string of the molecule is NC(=O)OC[C@@H]1Cc2cc(S(N)(=O)=O)cc([N+](=O)[O-])c2N1. The fraction of sp³-hybridized carbons (Fsp3) is 0.300. The maximum absolute atomic E-state index is 11.4. The number of primary sulfonamides is 1. The van der Waals surface area contributed by atoms with Crippen LogP contribution in [0, 0.1) is 10.1 Å². The summed E-state index contributed by atoms with van der Waals surface area (Å²) in [5, 5.41) is 18.8. The average molecular weight is 316 g/mol. The van der Waals surface area contributed by atoms with Gasteiger partial charge in [0.2, 0.25) is 10.0 Å². The molecule has 1 aliphatic heterocycles.